The van der Waals surface area contributed by atoms with Crippen molar-refractivity contribution in [3.05, 3.63) is 119 Å². The van der Waals surface area contributed by atoms with Gasteiger partial charge in [0.05, 0.1) is 27.3 Å². The number of thiazole rings is 1. The summed E-state index contributed by atoms with van der Waals surface area (Å²) in [7, 11) is 0. The zero-order chi connectivity index (χ0) is 27.0. The first-order chi connectivity index (χ1) is 18.3. The minimum absolute atomic E-state index is 0.0998. The van der Waals surface area contributed by atoms with Crippen LogP contribution in [0.25, 0.3) is 17.4 Å². The normalized spacial score (nSPS) is 15.2. The van der Waals surface area contributed by atoms with Crippen LogP contribution in [0.5, 0.6) is 0 Å². The summed E-state index contributed by atoms with van der Waals surface area (Å²) < 4.78 is 26.4. The number of fused-ring (bicyclic) bond motifs is 1. The molecule has 1 aliphatic rings. The molecule has 2 aromatic heterocycles. The smallest absolute Gasteiger partial charge is 0.338 e. The number of non-ortho nitro benzene ring substituents is 1. The fourth-order valence-corrected chi connectivity index (χ4v) is 5.25. The highest BCUT2D eigenvalue weighted by Gasteiger charge is 2.35. The maximum Gasteiger partial charge on any atom is 0.338 e. The monoisotopic (exact) mass is 533 g/mol. The summed E-state index contributed by atoms with van der Waals surface area (Å²) in [6, 6.07) is 13.9. The number of hydrogen-bond donors (Lipinski definition) is 0. The molecule has 0 spiro atoms. The number of aromatic nitrogens is 1. The zero-order valence-corrected chi connectivity index (χ0v) is 21.0. The summed E-state index contributed by atoms with van der Waals surface area (Å²) in [6.07, 6.45) is 1.63. The zero-order valence-electron chi connectivity index (χ0n) is 20.2. The van der Waals surface area contributed by atoms with Crippen molar-refractivity contribution in [1.82, 2.24) is 4.57 Å². The Balaban J connectivity index is 1.67. The number of carbonyl (C=O) groups is 1. The highest BCUT2D eigenvalue weighted by atomic mass is 32.1. The fourth-order valence-electron chi connectivity index (χ4n) is 4.20. The van der Waals surface area contributed by atoms with E-state index in [-0.39, 0.29) is 23.6 Å². The number of nitro groups is 1. The number of benzene rings is 2. The highest BCUT2D eigenvalue weighted by Crippen LogP contribution is 2.34. The third kappa shape index (κ3) is 4.59. The largest absolute Gasteiger partial charge is 0.463 e. The molecule has 0 fully saturated rings. The molecule has 0 aliphatic carbocycles. The van der Waals surface area contributed by atoms with Crippen LogP contribution in [0.2, 0.25) is 0 Å². The molecule has 0 bridgehead atoms. The predicted molar refractivity (Wildman–Crippen MR) is 138 cm³/mol. The van der Waals surface area contributed by atoms with Gasteiger partial charge in [-0.05, 0) is 49.8 Å². The van der Waals surface area contributed by atoms with Crippen LogP contribution in [0.4, 0.5) is 10.1 Å². The van der Waals surface area contributed by atoms with Gasteiger partial charge in [-0.25, -0.2) is 14.2 Å². The first kappa shape index (κ1) is 25.0. The fraction of sp³-hybridized carbons (Fsp3) is 0.148. The third-order valence-corrected chi connectivity index (χ3v) is 6.91. The molecular formula is C27H20FN3O6S. The molecule has 9 nitrogen and oxygen atoms in total. The van der Waals surface area contributed by atoms with Gasteiger partial charge in [-0.3, -0.25) is 19.5 Å². The molecule has 1 atom stereocenters. The Morgan fingerprint density at radius 1 is 1.24 bits per heavy atom. The SMILES string of the molecule is CCOC(=O)C1=C(C)N=c2s/c(=C\c3ccc(F)cc3)c(=O)n2[C@H]1c1ccc(-c2cccc([N+](=O)[O-])c2)o1. The average molecular weight is 534 g/mol. The van der Waals surface area contributed by atoms with E-state index >= 15 is 0 Å². The predicted octanol–water partition coefficient (Wildman–Crippen LogP) is 4.11. The molecular weight excluding hydrogens is 513 g/mol. The van der Waals surface area contributed by atoms with Gasteiger partial charge in [0.1, 0.15) is 23.4 Å². The van der Waals surface area contributed by atoms with Crippen molar-refractivity contribution in [3.63, 3.8) is 0 Å². The van der Waals surface area contributed by atoms with Crippen LogP contribution in [0.3, 0.4) is 0 Å². The molecule has 38 heavy (non-hydrogen) atoms. The Labute approximate surface area is 218 Å². The Morgan fingerprint density at radius 3 is 2.71 bits per heavy atom. The van der Waals surface area contributed by atoms with Crippen molar-refractivity contribution in [3.8, 4) is 11.3 Å². The van der Waals surface area contributed by atoms with E-state index in [1.54, 1.807) is 56.3 Å². The van der Waals surface area contributed by atoms with Gasteiger partial charge >= 0.3 is 5.97 Å². The topological polar surface area (TPSA) is 117 Å². The number of ether oxygens (including phenoxy) is 1. The van der Waals surface area contributed by atoms with Gasteiger partial charge < -0.3 is 9.15 Å². The lowest BCUT2D eigenvalue weighted by Gasteiger charge is -2.22. The molecule has 11 heteroatoms. The van der Waals surface area contributed by atoms with Crippen molar-refractivity contribution < 1.29 is 23.3 Å². The number of rotatable bonds is 6. The number of furan rings is 1. The van der Waals surface area contributed by atoms with Gasteiger partial charge in [0.25, 0.3) is 11.2 Å². The molecule has 0 saturated heterocycles. The van der Waals surface area contributed by atoms with E-state index in [9.17, 15) is 24.1 Å². The Morgan fingerprint density at radius 2 is 2.00 bits per heavy atom. The first-order valence-corrected chi connectivity index (χ1v) is 12.4. The Kier molecular flexibility index (Phi) is 6.60. The molecule has 3 heterocycles. The lowest BCUT2D eigenvalue weighted by molar-refractivity contribution is -0.384. The summed E-state index contributed by atoms with van der Waals surface area (Å²) in [4.78, 5) is 42.2. The van der Waals surface area contributed by atoms with Crippen LogP contribution in [0, 0.1) is 15.9 Å². The minimum Gasteiger partial charge on any atom is -0.463 e. The van der Waals surface area contributed by atoms with Gasteiger partial charge in [-0.15, -0.1) is 0 Å². The van der Waals surface area contributed by atoms with Crippen molar-refractivity contribution in [2.24, 2.45) is 4.99 Å². The third-order valence-electron chi connectivity index (χ3n) is 5.92. The summed E-state index contributed by atoms with van der Waals surface area (Å²) in [5.41, 5.74) is 1.10. The van der Waals surface area contributed by atoms with E-state index in [0.29, 0.717) is 31.9 Å². The number of allylic oxidation sites excluding steroid dienone is 1. The van der Waals surface area contributed by atoms with E-state index in [1.165, 1.54) is 28.8 Å². The number of nitrogens with zero attached hydrogens (tertiary/aromatic N) is 3. The second-order valence-electron chi connectivity index (χ2n) is 8.36. The van der Waals surface area contributed by atoms with Gasteiger partial charge in [0.15, 0.2) is 4.80 Å². The molecule has 5 rings (SSSR count). The van der Waals surface area contributed by atoms with E-state index in [1.807, 2.05) is 0 Å². The second kappa shape index (κ2) is 10.0. The number of nitro benzene ring substituents is 1. The molecule has 4 aromatic rings. The van der Waals surface area contributed by atoms with E-state index < -0.39 is 28.3 Å². The standard InChI is InChI=1S/C27H20FN3O6S/c1-3-36-26(33)23-15(2)29-27-30(25(32)22(38-27)13-16-7-9-18(28)10-8-16)24(23)21-12-11-20(37-21)17-5-4-6-19(14-17)31(34)35/h4-14,24H,3H2,1-2H3/b22-13-/t24-/m0/s1. The molecule has 0 unspecified atom stereocenters. The molecule has 0 N–H and O–H groups in total. The van der Waals surface area contributed by atoms with Crippen LogP contribution in [-0.4, -0.2) is 22.1 Å². The molecule has 2 aromatic carbocycles. The van der Waals surface area contributed by atoms with Crippen molar-refractivity contribution in [2.45, 2.75) is 19.9 Å². The number of carbonyl (C=O) groups excluding carboxylic acids is 1. The highest BCUT2D eigenvalue weighted by molar-refractivity contribution is 7.07. The van der Waals surface area contributed by atoms with E-state index in [0.717, 1.165) is 11.3 Å². The molecule has 0 radical (unpaired) electrons. The lowest BCUT2D eigenvalue weighted by Crippen LogP contribution is -2.39. The van der Waals surface area contributed by atoms with Crippen LogP contribution < -0.4 is 14.9 Å². The van der Waals surface area contributed by atoms with Crippen LogP contribution >= 0.6 is 11.3 Å². The molecule has 0 saturated carbocycles. The molecule has 1 aliphatic heterocycles. The first-order valence-electron chi connectivity index (χ1n) is 11.6. The summed E-state index contributed by atoms with van der Waals surface area (Å²) >= 11 is 1.13. The second-order valence-corrected chi connectivity index (χ2v) is 9.37. The van der Waals surface area contributed by atoms with Gasteiger partial charge in [0, 0.05) is 17.7 Å². The Hall–Kier alpha value is -4.64. The van der Waals surface area contributed by atoms with Gasteiger partial charge in [0.2, 0.25) is 0 Å². The molecule has 0 amide bonds. The lowest BCUT2D eigenvalue weighted by atomic mass is 10.0. The van der Waals surface area contributed by atoms with Crippen LogP contribution in [0.15, 0.2) is 86.1 Å². The van der Waals surface area contributed by atoms with E-state index in [2.05, 4.69) is 4.99 Å². The van der Waals surface area contributed by atoms with Crippen molar-refractivity contribution in [1.29, 1.82) is 0 Å². The van der Waals surface area contributed by atoms with Crippen LogP contribution in [0.1, 0.15) is 31.2 Å². The van der Waals surface area contributed by atoms with E-state index in [4.69, 9.17) is 9.15 Å². The summed E-state index contributed by atoms with van der Waals surface area (Å²) in [5, 5.41) is 11.2. The maximum atomic E-state index is 13.6. The van der Waals surface area contributed by atoms with Gasteiger partial charge in [-0.2, -0.15) is 0 Å². The minimum atomic E-state index is -0.979. The number of hydrogen-bond acceptors (Lipinski definition) is 8. The molecule has 192 valence electrons. The Bertz CT molecular complexity index is 1780. The number of halogens is 1. The van der Waals surface area contributed by atoms with Gasteiger partial charge in [-0.1, -0.05) is 35.6 Å². The summed E-state index contributed by atoms with van der Waals surface area (Å²) in [6.45, 7) is 3.45. The quantitative estimate of drug-likeness (QED) is 0.209. The summed E-state index contributed by atoms with van der Waals surface area (Å²) in [5.74, 6) is -0.441. The van der Waals surface area contributed by atoms with Crippen molar-refractivity contribution in [2.75, 3.05) is 6.61 Å². The van der Waals surface area contributed by atoms with Crippen molar-refractivity contribution >= 4 is 29.1 Å². The average Bonchev–Trinajstić information content (AvgIpc) is 3.50. The number of esters is 1. The maximum absolute atomic E-state index is 13.6. The van der Waals surface area contributed by atoms with Crippen LogP contribution in [-0.2, 0) is 9.53 Å².